The lowest BCUT2D eigenvalue weighted by molar-refractivity contribution is -0.385. The zero-order valence-electron chi connectivity index (χ0n) is 15.4. The summed E-state index contributed by atoms with van der Waals surface area (Å²) in [5, 5.41) is 30.7. The first-order valence-electron chi connectivity index (χ1n) is 8.65. The summed E-state index contributed by atoms with van der Waals surface area (Å²) in [4.78, 5) is 35.3. The lowest BCUT2D eigenvalue weighted by Gasteiger charge is -2.14. The minimum Gasteiger partial charge on any atom is -0.337 e. The number of hydrogen-bond donors (Lipinski definition) is 1. The molecule has 0 amide bonds. The Kier molecular flexibility index (Phi) is 6.65. The van der Waals surface area contributed by atoms with Gasteiger partial charge in [0.1, 0.15) is 12.7 Å². The predicted octanol–water partition coefficient (Wildman–Crippen LogP) is 4.59. The van der Waals surface area contributed by atoms with Crippen LogP contribution in [-0.2, 0) is 16.4 Å². The van der Waals surface area contributed by atoms with Gasteiger partial charge in [-0.05, 0) is 53.1 Å². The first-order valence-corrected chi connectivity index (χ1v) is 8.65. The molecule has 1 N–H and O–H groups in total. The summed E-state index contributed by atoms with van der Waals surface area (Å²) in [6, 6.07) is 18.0. The van der Waals surface area contributed by atoms with Crippen LogP contribution in [0.25, 0.3) is 0 Å². The first-order chi connectivity index (χ1) is 14.5. The molecule has 30 heavy (non-hydrogen) atoms. The Morgan fingerprint density at radius 2 is 1.23 bits per heavy atom. The van der Waals surface area contributed by atoms with Gasteiger partial charge in [-0.2, -0.15) is 4.89 Å². The summed E-state index contributed by atoms with van der Waals surface area (Å²) in [7, 11) is 0. The minimum absolute atomic E-state index is 0.0102. The van der Waals surface area contributed by atoms with Crippen molar-refractivity contribution in [1.29, 1.82) is 0 Å². The first kappa shape index (κ1) is 20.9. The second-order valence-electron chi connectivity index (χ2n) is 6.17. The van der Waals surface area contributed by atoms with Gasteiger partial charge in [-0.15, -0.1) is 0 Å². The van der Waals surface area contributed by atoms with Crippen molar-refractivity contribution in [2.24, 2.45) is 0 Å². The number of nitrogens with zero attached hydrogens (tertiary/aromatic N) is 2. The molecule has 0 aromatic heterocycles. The Bertz CT molecular complexity index is 1000. The highest BCUT2D eigenvalue weighted by Gasteiger charge is 2.17. The fourth-order valence-electron chi connectivity index (χ4n) is 2.66. The van der Waals surface area contributed by atoms with Gasteiger partial charge in [0.25, 0.3) is 11.4 Å². The van der Waals surface area contributed by atoms with E-state index >= 15 is 0 Å². The molecule has 0 heterocycles. The van der Waals surface area contributed by atoms with Gasteiger partial charge in [-0.1, -0.05) is 12.1 Å². The van der Waals surface area contributed by atoms with Crippen molar-refractivity contribution < 1.29 is 29.8 Å². The molecule has 0 aliphatic rings. The Balaban J connectivity index is 1.59. The largest absolute Gasteiger partial charge is 0.337 e. The van der Waals surface area contributed by atoms with E-state index in [4.69, 9.17) is 9.78 Å². The molecule has 0 saturated carbocycles. The second-order valence-corrected chi connectivity index (χ2v) is 6.17. The Morgan fingerprint density at radius 3 is 1.70 bits per heavy atom. The molecule has 1 atom stereocenters. The van der Waals surface area contributed by atoms with E-state index in [1.165, 1.54) is 36.4 Å². The van der Waals surface area contributed by atoms with E-state index in [1.54, 1.807) is 36.4 Å². The lowest BCUT2D eigenvalue weighted by Crippen LogP contribution is -2.04. The van der Waals surface area contributed by atoms with E-state index in [-0.39, 0.29) is 18.0 Å². The predicted molar refractivity (Wildman–Crippen MR) is 104 cm³/mol. The summed E-state index contributed by atoms with van der Waals surface area (Å²) in [6.07, 6.45) is -0.833. The monoisotopic (exact) mass is 412 g/mol. The molecule has 3 rings (SSSR count). The molecule has 154 valence electrons. The van der Waals surface area contributed by atoms with Crippen molar-refractivity contribution in [3.63, 3.8) is 0 Å². The van der Waals surface area contributed by atoms with E-state index in [2.05, 4.69) is 4.89 Å². The van der Waals surface area contributed by atoms with Gasteiger partial charge in [0.15, 0.2) is 5.75 Å². The smallest absolute Gasteiger partial charge is 0.269 e. The topological polar surface area (TPSA) is 134 Å². The summed E-state index contributed by atoms with van der Waals surface area (Å²) in [5.41, 5.74) is 1.75. The number of nitro groups is 2. The molecule has 10 nitrogen and oxygen atoms in total. The van der Waals surface area contributed by atoms with Gasteiger partial charge in [0.05, 0.1) is 9.85 Å². The zero-order valence-corrected chi connectivity index (χ0v) is 15.4. The molecule has 0 radical (unpaired) electrons. The van der Waals surface area contributed by atoms with E-state index in [0.29, 0.717) is 22.4 Å². The maximum Gasteiger partial charge on any atom is 0.269 e. The summed E-state index contributed by atoms with van der Waals surface area (Å²) in [5.74, 6) is 0.390. The van der Waals surface area contributed by atoms with Crippen LogP contribution in [0.2, 0.25) is 0 Å². The minimum atomic E-state index is -0.833. The molecule has 0 fully saturated rings. The second kappa shape index (κ2) is 9.56. The number of hydrogen-bond acceptors (Lipinski definition) is 8. The third-order valence-electron chi connectivity index (χ3n) is 4.22. The molecule has 0 aliphatic heterocycles. The van der Waals surface area contributed by atoms with Crippen molar-refractivity contribution in [3.8, 4) is 5.75 Å². The van der Waals surface area contributed by atoms with E-state index in [9.17, 15) is 25.5 Å². The van der Waals surface area contributed by atoms with Crippen LogP contribution in [0.15, 0.2) is 72.8 Å². The molecule has 0 bridgehead atoms. The van der Waals surface area contributed by atoms with Crippen LogP contribution in [0.4, 0.5) is 11.4 Å². The van der Waals surface area contributed by atoms with Gasteiger partial charge in [0.2, 0.25) is 0 Å². The average Bonchev–Trinajstić information content (AvgIpc) is 2.76. The van der Waals surface area contributed by atoms with Gasteiger partial charge in [0, 0.05) is 24.3 Å². The SMILES string of the molecule is O=[N+]([O-])c1ccc(COOc2ccc(C(OO)c3ccc([N+](=O)[O-])cc3)cc2)cc1. The van der Waals surface area contributed by atoms with Crippen LogP contribution in [0.1, 0.15) is 22.8 Å². The Morgan fingerprint density at radius 1 is 0.767 bits per heavy atom. The van der Waals surface area contributed by atoms with E-state index in [1.807, 2.05) is 0 Å². The van der Waals surface area contributed by atoms with Crippen LogP contribution in [0, 0.1) is 20.2 Å². The highest BCUT2D eigenvalue weighted by molar-refractivity contribution is 5.39. The molecule has 0 spiro atoms. The van der Waals surface area contributed by atoms with Crippen molar-refractivity contribution >= 4 is 11.4 Å². The molecular formula is C20H16N2O8. The average molecular weight is 412 g/mol. The molecular weight excluding hydrogens is 396 g/mol. The quantitative estimate of drug-likeness (QED) is 0.306. The number of nitro benzene ring substituents is 2. The van der Waals surface area contributed by atoms with Crippen LogP contribution in [-0.4, -0.2) is 15.1 Å². The van der Waals surface area contributed by atoms with E-state index < -0.39 is 16.0 Å². The highest BCUT2D eigenvalue weighted by atomic mass is 17.2. The lowest BCUT2D eigenvalue weighted by atomic mass is 10.0. The van der Waals surface area contributed by atoms with E-state index in [0.717, 1.165) is 0 Å². The van der Waals surface area contributed by atoms with Crippen LogP contribution in [0.5, 0.6) is 5.75 Å². The van der Waals surface area contributed by atoms with Crippen LogP contribution < -0.4 is 4.89 Å². The third-order valence-corrected chi connectivity index (χ3v) is 4.22. The van der Waals surface area contributed by atoms with Gasteiger partial charge in [-0.3, -0.25) is 25.5 Å². The molecule has 0 saturated heterocycles. The fourth-order valence-corrected chi connectivity index (χ4v) is 2.66. The molecule has 3 aromatic carbocycles. The fraction of sp³-hybridized carbons (Fsp3) is 0.100. The number of benzene rings is 3. The van der Waals surface area contributed by atoms with Gasteiger partial charge in [-0.25, -0.2) is 4.89 Å². The number of non-ortho nitro benzene ring substituents is 2. The Hall–Kier alpha value is -3.86. The standard InChI is InChI=1S/C20H16N2O8/c23-21(24)17-7-1-14(2-8-17)13-28-30-19-11-5-16(6-12-19)20(29-27)15-3-9-18(10-4-15)22(25)26/h1-12,20,27H,13H2. The third kappa shape index (κ3) is 5.14. The molecule has 10 heteroatoms. The molecule has 0 aliphatic carbocycles. The highest BCUT2D eigenvalue weighted by Crippen LogP contribution is 2.28. The summed E-state index contributed by atoms with van der Waals surface area (Å²) in [6.45, 7) is 0.0882. The Labute approximate surface area is 170 Å². The van der Waals surface area contributed by atoms with Crippen molar-refractivity contribution in [2.45, 2.75) is 12.7 Å². The zero-order chi connectivity index (χ0) is 21.5. The van der Waals surface area contributed by atoms with Gasteiger partial charge >= 0.3 is 0 Å². The van der Waals surface area contributed by atoms with Crippen molar-refractivity contribution in [3.05, 3.63) is 110 Å². The number of rotatable bonds is 9. The van der Waals surface area contributed by atoms with Crippen molar-refractivity contribution in [1.82, 2.24) is 0 Å². The molecule has 3 aromatic rings. The van der Waals surface area contributed by atoms with Crippen molar-refractivity contribution in [2.75, 3.05) is 0 Å². The molecule has 1 unspecified atom stereocenters. The maximum absolute atomic E-state index is 10.8. The van der Waals surface area contributed by atoms with Crippen LogP contribution in [0.3, 0.4) is 0 Å². The van der Waals surface area contributed by atoms with Crippen LogP contribution >= 0.6 is 0 Å². The normalized spacial score (nSPS) is 11.6. The van der Waals surface area contributed by atoms with Gasteiger partial charge < -0.3 is 4.89 Å². The summed E-state index contributed by atoms with van der Waals surface area (Å²) >= 11 is 0. The maximum atomic E-state index is 10.8. The summed E-state index contributed by atoms with van der Waals surface area (Å²) < 4.78 is 0.